The van der Waals surface area contributed by atoms with Crippen molar-refractivity contribution in [1.29, 1.82) is 0 Å². The van der Waals surface area contributed by atoms with Crippen LogP contribution in [0.2, 0.25) is 0 Å². The number of para-hydroxylation sites is 2. The fourth-order valence-electron chi connectivity index (χ4n) is 3.43. The molecule has 1 aliphatic rings. The summed E-state index contributed by atoms with van der Waals surface area (Å²) in [5, 5.41) is 2.95. The zero-order valence-corrected chi connectivity index (χ0v) is 16.1. The van der Waals surface area contributed by atoms with Crippen LogP contribution in [-0.2, 0) is 22.7 Å². The molecule has 7 heteroatoms. The van der Waals surface area contributed by atoms with E-state index in [1.54, 1.807) is 23.5 Å². The molecule has 2 heterocycles. The zero-order valence-electron chi connectivity index (χ0n) is 16.1. The van der Waals surface area contributed by atoms with Crippen molar-refractivity contribution in [3.8, 4) is 5.75 Å². The highest BCUT2D eigenvalue weighted by Crippen LogP contribution is 2.33. The fraction of sp³-hybridized carbons (Fsp3) is 0.227. The number of benzene rings is 2. The lowest BCUT2D eigenvalue weighted by Crippen LogP contribution is -2.50. The molecule has 2 aromatic carbocycles. The summed E-state index contributed by atoms with van der Waals surface area (Å²) < 4.78 is 7.84. The first-order chi connectivity index (χ1) is 14.1. The van der Waals surface area contributed by atoms with Gasteiger partial charge < -0.3 is 19.5 Å². The van der Waals surface area contributed by atoms with E-state index in [1.807, 2.05) is 53.2 Å². The van der Waals surface area contributed by atoms with Crippen molar-refractivity contribution in [3.05, 3.63) is 78.4 Å². The third-order valence-corrected chi connectivity index (χ3v) is 4.93. The number of imidazole rings is 1. The Morgan fingerprint density at radius 3 is 2.66 bits per heavy atom. The molecule has 0 spiro atoms. The molecule has 29 heavy (non-hydrogen) atoms. The fourth-order valence-corrected chi connectivity index (χ4v) is 3.43. The van der Waals surface area contributed by atoms with Crippen LogP contribution in [-0.4, -0.2) is 34.0 Å². The normalized spacial score (nSPS) is 15.3. The van der Waals surface area contributed by atoms with Crippen LogP contribution in [0.15, 0.2) is 67.3 Å². The van der Waals surface area contributed by atoms with Crippen molar-refractivity contribution in [2.45, 2.75) is 26.1 Å². The van der Waals surface area contributed by atoms with Crippen molar-refractivity contribution in [1.82, 2.24) is 14.9 Å². The van der Waals surface area contributed by atoms with Crippen molar-refractivity contribution in [3.63, 3.8) is 0 Å². The molecule has 1 aliphatic heterocycles. The topological polar surface area (TPSA) is 76.5 Å². The number of carbonyl (C=O) groups is 2. The minimum atomic E-state index is -0.755. The molecule has 0 aliphatic carbocycles. The molecule has 1 N–H and O–H groups in total. The van der Waals surface area contributed by atoms with Gasteiger partial charge in [0.2, 0.25) is 5.91 Å². The molecule has 3 aromatic rings. The van der Waals surface area contributed by atoms with E-state index in [9.17, 15) is 9.59 Å². The van der Waals surface area contributed by atoms with E-state index >= 15 is 0 Å². The second-order valence-corrected chi connectivity index (χ2v) is 6.93. The summed E-state index contributed by atoms with van der Waals surface area (Å²) in [6.45, 7) is 2.74. The van der Waals surface area contributed by atoms with Gasteiger partial charge in [0, 0.05) is 32.4 Å². The summed E-state index contributed by atoms with van der Waals surface area (Å²) >= 11 is 0. The number of aromatic nitrogens is 2. The average Bonchev–Trinajstić information content (AvgIpc) is 3.25. The molecule has 0 fully saturated rings. The number of ether oxygens (including phenoxy) is 1. The number of anilines is 1. The van der Waals surface area contributed by atoms with Gasteiger partial charge in [-0.25, -0.2) is 4.98 Å². The van der Waals surface area contributed by atoms with Crippen molar-refractivity contribution in [2.75, 3.05) is 11.4 Å². The number of rotatable bonds is 5. The highest BCUT2D eigenvalue weighted by molar-refractivity contribution is 5.95. The Kier molecular flexibility index (Phi) is 5.29. The lowest BCUT2D eigenvalue weighted by molar-refractivity contribution is -0.128. The van der Waals surface area contributed by atoms with Gasteiger partial charge >= 0.3 is 0 Å². The van der Waals surface area contributed by atoms with E-state index in [1.165, 1.54) is 6.92 Å². The highest BCUT2D eigenvalue weighted by atomic mass is 16.5. The number of hydrogen-bond acceptors (Lipinski definition) is 4. The number of fused-ring (bicyclic) bond motifs is 1. The van der Waals surface area contributed by atoms with Crippen LogP contribution < -0.4 is 15.0 Å². The smallest absolute Gasteiger partial charge is 0.263 e. The summed E-state index contributed by atoms with van der Waals surface area (Å²) in [7, 11) is 0. The molecule has 4 rings (SSSR count). The summed E-state index contributed by atoms with van der Waals surface area (Å²) in [5.74, 6) is 0.169. The van der Waals surface area contributed by atoms with Crippen LogP contribution in [0.25, 0.3) is 0 Å². The van der Waals surface area contributed by atoms with Crippen molar-refractivity contribution >= 4 is 17.5 Å². The maximum atomic E-state index is 12.8. The maximum absolute atomic E-state index is 12.8. The van der Waals surface area contributed by atoms with Crippen LogP contribution in [0.3, 0.4) is 0 Å². The Morgan fingerprint density at radius 1 is 1.14 bits per heavy atom. The lowest BCUT2D eigenvalue weighted by Gasteiger charge is -2.33. The van der Waals surface area contributed by atoms with Crippen molar-refractivity contribution < 1.29 is 14.3 Å². The number of carbonyl (C=O) groups excluding carboxylic acids is 2. The SMILES string of the molecule is CC(=O)N1CC(C(=O)NCc2ccccc2Cn2ccnc2)Oc2ccccc21. The molecule has 0 saturated carbocycles. The number of nitrogens with one attached hydrogen (secondary N) is 1. The first-order valence-corrected chi connectivity index (χ1v) is 9.46. The number of hydrogen-bond donors (Lipinski definition) is 1. The Labute approximate surface area is 168 Å². The molecule has 148 valence electrons. The van der Waals surface area contributed by atoms with E-state index < -0.39 is 6.10 Å². The van der Waals surface area contributed by atoms with E-state index in [2.05, 4.69) is 10.3 Å². The Morgan fingerprint density at radius 2 is 1.90 bits per heavy atom. The van der Waals surface area contributed by atoms with Crippen LogP contribution in [0.5, 0.6) is 5.75 Å². The maximum Gasteiger partial charge on any atom is 0.263 e. The van der Waals surface area contributed by atoms with Crippen LogP contribution in [0, 0.1) is 0 Å². The predicted molar refractivity (Wildman–Crippen MR) is 109 cm³/mol. The summed E-state index contributed by atoms with van der Waals surface area (Å²) in [6, 6.07) is 15.2. The molecular weight excluding hydrogens is 368 g/mol. The zero-order chi connectivity index (χ0) is 20.2. The third-order valence-electron chi connectivity index (χ3n) is 4.93. The summed E-state index contributed by atoms with van der Waals surface area (Å²) in [5.41, 5.74) is 2.81. The van der Waals surface area contributed by atoms with Gasteiger partial charge in [0.05, 0.1) is 18.6 Å². The summed E-state index contributed by atoms with van der Waals surface area (Å²) in [6.07, 6.45) is 4.65. The second-order valence-electron chi connectivity index (χ2n) is 6.93. The highest BCUT2D eigenvalue weighted by Gasteiger charge is 2.32. The Bertz CT molecular complexity index is 1020. The molecular formula is C22H22N4O3. The van der Waals surface area contributed by atoms with Gasteiger partial charge in [-0.3, -0.25) is 9.59 Å². The third kappa shape index (κ3) is 4.13. The number of amides is 2. The van der Waals surface area contributed by atoms with Gasteiger partial charge in [-0.2, -0.15) is 0 Å². The molecule has 7 nitrogen and oxygen atoms in total. The monoisotopic (exact) mass is 390 g/mol. The van der Waals surface area contributed by atoms with Crippen LogP contribution >= 0.6 is 0 Å². The molecule has 1 atom stereocenters. The second kappa shape index (κ2) is 8.18. The van der Waals surface area contributed by atoms with Gasteiger partial charge in [0.25, 0.3) is 5.91 Å². The minimum Gasteiger partial charge on any atom is -0.477 e. The molecule has 0 saturated heterocycles. The minimum absolute atomic E-state index is 0.121. The first-order valence-electron chi connectivity index (χ1n) is 9.46. The van der Waals surface area contributed by atoms with Gasteiger partial charge in [-0.1, -0.05) is 36.4 Å². The summed E-state index contributed by atoms with van der Waals surface area (Å²) in [4.78, 5) is 30.5. The van der Waals surface area contributed by atoms with Crippen LogP contribution in [0.1, 0.15) is 18.1 Å². The quantitative estimate of drug-likeness (QED) is 0.726. The Balaban J connectivity index is 1.45. The van der Waals surface area contributed by atoms with E-state index in [0.29, 0.717) is 24.5 Å². The molecule has 0 bridgehead atoms. The molecule has 2 amide bonds. The molecule has 1 unspecified atom stereocenters. The lowest BCUT2D eigenvalue weighted by atomic mass is 10.1. The first kappa shape index (κ1) is 18.7. The van der Waals surface area contributed by atoms with E-state index in [4.69, 9.17) is 4.74 Å². The van der Waals surface area contributed by atoms with Gasteiger partial charge in [-0.15, -0.1) is 0 Å². The average molecular weight is 390 g/mol. The predicted octanol–water partition coefficient (Wildman–Crippen LogP) is 2.36. The standard InChI is InChI=1S/C22H22N4O3/c1-16(27)26-14-21(29-20-9-5-4-8-19(20)26)22(28)24-12-17-6-2-3-7-18(17)13-25-11-10-23-15-25/h2-11,15,21H,12-14H2,1H3,(H,24,28). The van der Waals surface area contributed by atoms with Gasteiger partial charge in [0.1, 0.15) is 5.75 Å². The largest absolute Gasteiger partial charge is 0.477 e. The van der Waals surface area contributed by atoms with Gasteiger partial charge in [-0.05, 0) is 23.3 Å². The van der Waals surface area contributed by atoms with Gasteiger partial charge in [0.15, 0.2) is 6.10 Å². The van der Waals surface area contributed by atoms with Crippen LogP contribution in [0.4, 0.5) is 5.69 Å². The molecule has 1 aromatic heterocycles. The number of nitrogens with zero attached hydrogens (tertiary/aromatic N) is 3. The van der Waals surface area contributed by atoms with Crippen molar-refractivity contribution in [2.24, 2.45) is 0 Å². The molecule has 0 radical (unpaired) electrons. The Hall–Kier alpha value is -3.61. The van der Waals surface area contributed by atoms with E-state index in [-0.39, 0.29) is 18.4 Å². The van der Waals surface area contributed by atoms with E-state index in [0.717, 1.165) is 11.1 Å².